The molecule has 10 heterocycles. The van der Waals surface area contributed by atoms with Crippen molar-refractivity contribution in [3.05, 3.63) is 0 Å². The van der Waals surface area contributed by atoms with E-state index in [-0.39, 0.29) is 14.0 Å². The van der Waals surface area contributed by atoms with Crippen molar-refractivity contribution in [1.29, 1.82) is 0 Å². The van der Waals surface area contributed by atoms with Gasteiger partial charge in [0.2, 0.25) is 0 Å². The molecule has 4 heteroatoms. The summed E-state index contributed by atoms with van der Waals surface area (Å²) >= 11 is 0. The van der Waals surface area contributed by atoms with Gasteiger partial charge in [0.1, 0.15) is 0 Å². The Morgan fingerprint density at radius 3 is 2.11 bits per heavy atom. The van der Waals surface area contributed by atoms with Crippen LogP contribution in [0.4, 0.5) is 0 Å². The van der Waals surface area contributed by atoms with E-state index in [4.69, 9.17) is 4.74 Å². The maximum atomic E-state index is 12.8. The van der Waals surface area contributed by atoms with Gasteiger partial charge in [0.05, 0.1) is 0 Å². The molecular weight excluding hydrogens is 317 g/mol. The molecule has 96 valence electrons. The third-order valence-corrected chi connectivity index (χ3v) is 83.1. The molecule has 0 aliphatic carbocycles. The number of fused-ring (bicyclic) bond motifs is 10. The van der Waals surface area contributed by atoms with E-state index < -0.39 is 7.72 Å². The van der Waals surface area contributed by atoms with E-state index in [1.54, 1.807) is 0 Å². The van der Waals surface area contributed by atoms with Crippen LogP contribution in [0.1, 0.15) is 6.92 Å². The van der Waals surface area contributed by atoms with Crippen molar-refractivity contribution in [1.82, 2.24) is 0 Å². The zero-order valence-electron chi connectivity index (χ0n) is 9.98. The molecule has 5 atom stereocenters. The minimum absolute atomic E-state index is 0.0163. The van der Waals surface area contributed by atoms with Crippen LogP contribution in [0.5, 0.6) is 0 Å². The number of carbonyl (C=O) groups excluding carboxylic acids is 2. The van der Waals surface area contributed by atoms with Gasteiger partial charge in [-0.1, -0.05) is 0 Å². The average Bonchev–Trinajstić information content (AvgIpc) is 3.31. The first kappa shape index (κ1) is 6.97. The summed E-state index contributed by atoms with van der Waals surface area (Å²) in [5.74, 6) is 0.132. The zero-order valence-corrected chi connectivity index (χ0v) is 11.7. The van der Waals surface area contributed by atoms with Crippen LogP contribution in [0.2, 0.25) is 44.1 Å². The van der Waals surface area contributed by atoms with E-state index in [1.807, 2.05) is 6.92 Å². The summed E-state index contributed by atoms with van der Waals surface area (Å²) in [4.78, 5) is 24.9. The van der Waals surface area contributed by atoms with Crippen LogP contribution in [0.3, 0.4) is 0 Å². The number of aldehydes is 1. The Kier molecular flexibility index (Phi) is 0.214. The summed E-state index contributed by atoms with van der Waals surface area (Å²) in [6, 6.07) is 0. The Morgan fingerprint density at radius 1 is 1.17 bits per heavy atom. The number of esters is 1. The van der Waals surface area contributed by atoms with Crippen molar-refractivity contribution < 1.29 is 22.0 Å². The van der Waals surface area contributed by atoms with Gasteiger partial charge in [0, 0.05) is 0 Å². The van der Waals surface area contributed by atoms with Crippen LogP contribution in [-0.2, 0) is 22.0 Å². The summed E-state index contributed by atoms with van der Waals surface area (Å²) in [5.41, 5.74) is 0. The van der Waals surface area contributed by atoms with Crippen LogP contribution < -0.4 is 0 Å². The summed E-state index contributed by atoms with van der Waals surface area (Å²) in [5, 5.41) is 0. The van der Waals surface area contributed by atoms with Gasteiger partial charge in [-0.05, 0) is 0 Å². The standard InChI is InChI=1S/C9H9O3.C5H5.Ru/c1-2-12-9(11)8-5-3-4-7(8)6-10;1-2-4-5-3-1;/h3-6H,2H2,1H3;1-5H;. The molecule has 0 N–H and O–H groups in total. The second-order valence-electron chi connectivity index (χ2n) is 10.6. The Labute approximate surface area is 92.0 Å². The van der Waals surface area contributed by atoms with Gasteiger partial charge < -0.3 is 0 Å². The predicted octanol–water partition coefficient (Wildman–Crippen LogP) is 2.88. The monoisotopic (exact) mass is 332 g/mol. The molecule has 0 saturated carbocycles. The quantitative estimate of drug-likeness (QED) is 0.454. The van der Waals surface area contributed by atoms with E-state index in [2.05, 4.69) is 0 Å². The van der Waals surface area contributed by atoms with Gasteiger partial charge in [-0.15, -0.1) is 0 Å². The number of hydrogen-bond acceptors (Lipinski definition) is 3. The van der Waals surface area contributed by atoms with E-state index in [9.17, 15) is 9.59 Å². The molecule has 0 amide bonds. The van der Waals surface area contributed by atoms with Gasteiger partial charge in [-0.25, -0.2) is 0 Å². The molecule has 0 aromatic rings. The first-order chi connectivity index (χ1) is 8.48. The molecule has 0 radical (unpaired) electrons. The fourth-order valence-corrected chi connectivity index (χ4v) is 151. The summed E-state index contributed by atoms with van der Waals surface area (Å²) < 4.78 is 13.2. The van der Waals surface area contributed by atoms with E-state index in [0.29, 0.717) is 6.61 Å². The Morgan fingerprint density at radius 2 is 1.78 bits per heavy atom. The van der Waals surface area contributed by atoms with E-state index in [0.717, 1.165) is 36.1 Å². The average molecular weight is 331 g/mol. The molecule has 1 spiro atoms. The SMILES string of the molecule is CCOC(=O)[C]12[CH]3[CH]4[CH]5[C]1(C=O)[Ru]45321678[CH]2[CH]1[CH]6[CH]7[CH]28. The summed E-state index contributed by atoms with van der Waals surface area (Å²) in [6.45, 7) is 2.42. The van der Waals surface area contributed by atoms with Gasteiger partial charge in [0.15, 0.2) is 0 Å². The van der Waals surface area contributed by atoms with Crippen LogP contribution in [-0.4, -0.2) is 18.9 Å². The predicted molar refractivity (Wildman–Crippen MR) is 58.1 cm³/mol. The number of carbonyl (C=O) groups is 2. The molecule has 3 nitrogen and oxygen atoms in total. The van der Waals surface area contributed by atoms with E-state index >= 15 is 0 Å². The van der Waals surface area contributed by atoms with E-state index in [1.165, 1.54) is 6.29 Å². The first-order valence-corrected chi connectivity index (χ1v) is 17.1. The number of hydrogen-bond donors (Lipinski definition) is 0. The Bertz CT molecular complexity index is 1050. The maximum absolute atomic E-state index is 12.8. The third kappa shape index (κ3) is 0.0603. The second kappa shape index (κ2) is 0.553. The van der Waals surface area contributed by atoms with Crippen LogP contribution in [0.15, 0.2) is 0 Å². The van der Waals surface area contributed by atoms with Crippen molar-refractivity contribution in [2.24, 2.45) is 0 Å². The van der Waals surface area contributed by atoms with Gasteiger partial charge in [0.25, 0.3) is 0 Å². The van der Waals surface area contributed by atoms with Crippen molar-refractivity contribution in [2.75, 3.05) is 6.61 Å². The Balaban J connectivity index is 1.62. The van der Waals surface area contributed by atoms with Gasteiger partial charge in [-0.2, -0.15) is 0 Å². The zero-order chi connectivity index (χ0) is 11.6. The summed E-state index contributed by atoms with van der Waals surface area (Å²) in [6.07, 6.45) is 1.36. The number of rotatable bonds is 3. The molecule has 10 aliphatic rings. The molecule has 10 aliphatic heterocycles. The molecule has 0 aromatic carbocycles. The number of ether oxygens (including phenoxy) is 1. The van der Waals surface area contributed by atoms with Crippen LogP contribution in [0.25, 0.3) is 0 Å². The fourth-order valence-electron chi connectivity index (χ4n) is 17.9. The Hall–Kier alpha value is -0.237. The van der Waals surface area contributed by atoms with Gasteiger partial charge in [-0.3, -0.25) is 0 Å². The normalized spacial score (nSPS) is 117. The van der Waals surface area contributed by atoms with Crippen molar-refractivity contribution in [3.8, 4) is 0 Å². The van der Waals surface area contributed by atoms with Crippen LogP contribution >= 0.6 is 0 Å². The molecule has 10 saturated heterocycles. The fraction of sp³-hybridized carbons (Fsp3) is 0.857. The molecule has 0 bridgehead atoms. The molecule has 5 unspecified atom stereocenters. The second-order valence-corrected chi connectivity index (χ2v) is 47.3. The topological polar surface area (TPSA) is 43.4 Å². The third-order valence-electron chi connectivity index (χ3n) is 15.7. The molecule has 10 rings (SSSR count). The van der Waals surface area contributed by atoms with Crippen molar-refractivity contribution >= 4 is 12.3 Å². The molecule has 10 fully saturated rings. The minimum atomic E-state index is -4.00. The molecule has 0 aromatic heterocycles. The van der Waals surface area contributed by atoms with Crippen LogP contribution in [0, 0.1) is 0 Å². The van der Waals surface area contributed by atoms with Gasteiger partial charge >= 0.3 is 91.9 Å². The first-order valence-electron chi connectivity index (χ1n) is 7.33. The van der Waals surface area contributed by atoms with Crippen molar-refractivity contribution in [3.63, 3.8) is 0 Å². The van der Waals surface area contributed by atoms with Crippen molar-refractivity contribution in [2.45, 2.75) is 51.0 Å². The molecular formula is C14H14O3Ru. The summed E-state index contributed by atoms with van der Waals surface area (Å²) in [7, 11) is -4.00. The molecule has 18 heavy (non-hydrogen) atoms.